The van der Waals surface area contributed by atoms with Crippen LogP contribution < -0.4 is 9.04 Å². The SMILES string of the molecule is CS(=O)(=O)N1C/C(=C/c2ccc3ccccc3c2)Oc2ccccc21. The van der Waals surface area contributed by atoms with Crippen molar-refractivity contribution >= 4 is 32.6 Å². The normalized spacial score (nSPS) is 15.9. The first-order valence-corrected chi connectivity index (χ1v) is 9.79. The lowest BCUT2D eigenvalue weighted by Crippen LogP contribution is -2.36. The number of anilines is 1. The molecule has 25 heavy (non-hydrogen) atoms. The Labute approximate surface area is 147 Å². The molecule has 0 aromatic heterocycles. The van der Waals surface area contributed by atoms with Crippen LogP contribution in [0.1, 0.15) is 5.56 Å². The molecule has 4 nitrogen and oxygen atoms in total. The monoisotopic (exact) mass is 351 g/mol. The Morgan fingerprint density at radius 2 is 1.68 bits per heavy atom. The van der Waals surface area contributed by atoms with Crippen molar-refractivity contribution < 1.29 is 13.2 Å². The molecule has 5 heteroatoms. The third-order valence-corrected chi connectivity index (χ3v) is 5.30. The number of hydrogen-bond donors (Lipinski definition) is 0. The highest BCUT2D eigenvalue weighted by Gasteiger charge is 2.27. The van der Waals surface area contributed by atoms with Crippen LogP contribution in [-0.4, -0.2) is 21.2 Å². The molecule has 0 bridgehead atoms. The average Bonchev–Trinajstić information content (AvgIpc) is 2.60. The Balaban J connectivity index is 1.76. The van der Waals surface area contributed by atoms with E-state index >= 15 is 0 Å². The standard InChI is InChI=1S/C20H17NO3S/c1-25(22,23)21-14-18(24-20-9-5-4-8-19(20)21)13-15-10-11-16-6-2-3-7-17(16)12-15/h2-13H,14H2,1H3/b18-13-. The molecule has 0 unspecified atom stereocenters. The highest BCUT2D eigenvalue weighted by Crippen LogP contribution is 2.36. The van der Waals surface area contributed by atoms with Crippen LogP contribution in [-0.2, 0) is 10.0 Å². The molecule has 4 rings (SSSR count). The largest absolute Gasteiger partial charge is 0.458 e. The van der Waals surface area contributed by atoms with Gasteiger partial charge in [0.25, 0.3) is 0 Å². The van der Waals surface area contributed by atoms with Crippen molar-refractivity contribution in [2.24, 2.45) is 0 Å². The molecule has 1 heterocycles. The Hall–Kier alpha value is -2.79. The average molecular weight is 351 g/mol. The maximum Gasteiger partial charge on any atom is 0.232 e. The van der Waals surface area contributed by atoms with Crippen molar-refractivity contribution in [3.05, 3.63) is 78.1 Å². The van der Waals surface area contributed by atoms with E-state index in [2.05, 4.69) is 18.2 Å². The summed E-state index contributed by atoms with van der Waals surface area (Å²) in [6.45, 7) is 0.183. The Morgan fingerprint density at radius 3 is 2.48 bits per heavy atom. The summed E-state index contributed by atoms with van der Waals surface area (Å²) in [4.78, 5) is 0. The van der Waals surface area contributed by atoms with Gasteiger partial charge in [0, 0.05) is 0 Å². The quantitative estimate of drug-likeness (QED) is 0.700. The molecule has 0 N–H and O–H groups in total. The Kier molecular flexibility index (Phi) is 3.73. The van der Waals surface area contributed by atoms with Crippen molar-refractivity contribution in [1.82, 2.24) is 0 Å². The summed E-state index contributed by atoms with van der Waals surface area (Å²) in [6, 6.07) is 21.4. The van der Waals surface area contributed by atoms with Gasteiger partial charge in [0.05, 0.1) is 18.5 Å². The molecule has 3 aromatic rings. The smallest absolute Gasteiger partial charge is 0.232 e. The maximum atomic E-state index is 12.2. The summed E-state index contributed by atoms with van der Waals surface area (Å²) in [5, 5.41) is 2.30. The van der Waals surface area contributed by atoms with E-state index in [0.29, 0.717) is 17.2 Å². The third-order valence-electron chi connectivity index (χ3n) is 4.18. The molecule has 3 aromatic carbocycles. The summed E-state index contributed by atoms with van der Waals surface area (Å²) in [6.07, 6.45) is 3.10. The minimum absolute atomic E-state index is 0.183. The number of fused-ring (bicyclic) bond motifs is 2. The highest BCUT2D eigenvalue weighted by molar-refractivity contribution is 7.92. The van der Waals surface area contributed by atoms with Gasteiger partial charge in [-0.25, -0.2) is 8.42 Å². The van der Waals surface area contributed by atoms with Gasteiger partial charge in [-0.05, 0) is 40.6 Å². The third kappa shape index (κ3) is 3.10. The number of benzene rings is 3. The van der Waals surface area contributed by atoms with Crippen LogP contribution >= 0.6 is 0 Å². The van der Waals surface area contributed by atoms with Crippen molar-refractivity contribution in [2.75, 3.05) is 17.1 Å². The predicted octanol–water partition coefficient (Wildman–Crippen LogP) is 4.04. The number of para-hydroxylation sites is 2. The van der Waals surface area contributed by atoms with E-state index in [4.69, 9.17) is 4.74 Å². The van der Waals surface area contributed by atoms with Crippen LogP contribution in [0.2, 0.25) is 0 Å². The van der Waals surface area contributed by atoms with Gasteiger partial charge in [-0.3, -0.25) is 4.31 Å². The van der Waals surface area contributed by atoms with E-state index in [1.807, 2.05) is 36.4 Å². The fourth-order valence-electron chi connectivity index (χ4n) is 3.00. The van der Waals surface area contributed by atoms with E-state index in [-0.39, 0.29) is 6.54 Å². The van der Waals surface area contributed by atoms with Crippen LogP contribution in [0.5, 0.6) is 5.75 Å². The number of sulfonamides is 1. The Bertz CT molecular complexity index is 1090. The van der Waals surface area contributed by atoms with E-state index in [9.17, 15) is 8.42 Å². The van der Waals surface area contributed by atoms with Gasteiger partial charge in [0.1, 0.15) is 5.76 Å². The molecule has 0 radical (unpaired) electrons. The highest BCUT2D eigenvalue weighted by atomic mass is 32.2. The molecule has 0 aliphatic carbocycles. The van der Waals surface area contributed by atoms with Gasteiger partial charge < -0.3 is 4.74 Å². The molecule has 1 aliphatic heterocycles. The summed E-state index contributed by atoms with van der Waals surface area (Å²) >= 11 is 0. The molecule has 0 atom stereocenters. The predicted molar refractivity (Wildman–Crippen MR) is 101 cm³/mol. The van der Waals surface area contributed by atoms with Crippen LogP contribution in [0.25, 0.3) is 16.8 Å². The van der Waals surface area contributed by atoms with Gasteiger partial charge in [0.15, 0.2) is 5.75 Å². The van der Waals surface area contributed by atoms with E-state index in [0.717, 1.165) is 16.3 Å². The fraction of sp³-hybridized carbons (Fsp3) is 0.100. The zero-order chi connectivity index (χ0) is 17.4. The molecule has 126 valence electrons. The number of rotatable bonds is 2. The van der Waals surface area contributed by atoms with Crippen LogP contribution in [0, 0.1) is 0 Å². The molecule has 0 fully saturated rings. The zero-order valence-electron chi connectivity index (χ0n) is 13.7. The first-order valence-electron chi connectivity index (χ1n) is 7.95. The zero-order valence-corrected chi connectivity index (χ0v) is 14.5. The Morgan fingerprint density at radius 1 is 0.960 bits per heavy atom. The van der Waals surface area contributed by atoms with E-state index in [1.165, 1.54) is 10.6 Å². The maximum absolute atomic E-state index is 12.2. The first-order chi connectivity index (χ1) is 12.0. The first kappa shape index (κ1) is 15.7. The molecule has 1 aliphatic rings. The van der Waals surface area contributed by atoms with Gasteiger partial charge in [-0.15, -0.1) is 0 Å². The van der Waals surface area contributed by atoms with Gasteiger partial charge in [-0.2, -0.15) is 0 Å². The summed E-state index contributed by atoms with van der Waals surface area (Å²) in [5.74, 6) is 1.14. The molecule has 0 saturated carbocycles. The van der Waals surface area contributed by atoms with Crippen molar-refractivity contribution in [3.63, 3.8) is 0 Å². The minimum Gasteiger partial charge on any atom is -0.458 e. The van der Waals surface area contributed by atoms with Crippen LogP contribution in [0.15, 0.2) is 72.5 Å². The molecule has 0 spiro atoms. The molecular weight excluding hydrogens is 334 g/mol. The van der Waals surface area contributed by atoms with Crippen LogP contribution in [0.4, 0.5) is 5.69 Å². The summed E-state index contributed by atoms with van der Waals surface area (Å²) in [7, 11) is -3.39. The van der Waals surface area contributed by atoms with Crippen molar-refractivity contribution in [3.8, 4) is 5.75 Å². The molecule has 0 saturated heterocycles. The van der Waals surface area contributed by atoms with Crippen molar-refractivity contribution in [2.45, 2.75) is 0 Å². The van der Waals surface area contributed by atoms with Gasteiger partial charge in [0.2, 0.25) is 10.0 Å². The number of hydrogen-bond acceptors (Lipinski definition) is 3. The second-order valence-electron chi connectivity index (χ2n) is 6.06. The number of nitrogens with zero attached hydrogens (tertiary/aromatic N) is 1. The lowest BCUT2D eigenvalue weighted by atomic mass is 10.1. The fourth-order valence-corrected chi connectivity index (χ4v) is 3.87. The lowest BCUT2D eigenvalue weighted by molar-refractivity contribution is 0.409. The van der Waals surface area contributed by atoms with Gasteiger partial charge >= 0.3 is 0 Å². The lowest BCUT2D eigenvalue weighted by Gasteiger charge is -2.30. The number of ether oxygens (including phenoxy) is 1. The van der Waals surface area contributed by atoms with Crippen molar-refractivity contribution in [1.29, 1.82) is 0 Å². The second kappa shape index (κ2) is 5.93. The van der Waals surface area contributed by atoms with E-state index < -0.39 is 10.0 Å². The molecular formula is C20H17NO3S. The van der Waals surface area contributed by atoms with Gasteiger partial charge in [-0.1, -0.05) is 48.5 Å². The minimum atomic E-state index is -3.39. The van der Waals surface area contributed by atoms with E-state index in [1.54, 1.807) is 18.2 Å². The van der Waals surface area contributed by atoms with Crippen LogP contribution in [0.3, 0.4) is 0 Å². The second-order valence-corrected chi connectivity index (χ2v) is 7.96. The topological polar surface area (TPSA) is 46.6 Å². The summed E-state index contributed by atoms with van der Waals surface area (Å²) < 4.78 is 31.6. The molecule has 0 amide bonds. The summed E-state index contributed by atoms with van der Waals surface area (Å²) in [5.41, 5.74) is 1.54.